The first-order chi connectivity index (χ1) is 11.7. The largest absolute Gasteiger partial charge is 0.444 e. The van der Waals surface area contributed by atoms with Crippen molar-refractivity contribution < 1.29 is 9.53 Å². The van der Waals surface area contributed by atoms with E-state index in [0.717, 1.165) is 36.7 Å². The van der Waals surface area contributed by atoms with Crippen molar-refractivity contribution in [3.63, 3.8) is 0 Å². The zero-order chi connectivity index (χ0) is 18.7. The summed E-state index contributed by atoms with van der Waals surface area (Å²) in [5.74, 6) is 0. The van der Waals surface area contributed by atoms with Crippen LogP contribution in [0, 0.1) is 0 Å². The molecule has 1 amide bonds. The van der Waals surface area contributed by atoms with Crippen molar-refractivity contribution in [3.05, 3.63) is 33.8 Å². The van der Waals surface area contributed by atoms with Crippen molar-refractivity contribution >= 4 is 51.9 Å². The molecule has 0 spiro atoms. The maximum absolute atomic E-state index is 12.6. The van der Waals surface area contributed by atoms with Gasteiger partial charge in [-0.3, -0.25) is 0 Å². The summed E-state index contributed by atoms with van der Waals surface area (Å²) in [6.45, 7) is 7.10. The fourth-order valence-electron chi connectivity index (χ4n) is 3.43. The van der Waals surface area contributed by atoms with Gasteiger partial charge in [0.25, 0.3) is 0 Å². The first-order valence-electron chi connectivity index (χ1n) is 8.66. The molecule has 1 aromatic rings. The van der Waals surface area contributed by atoms with Crippen LogP contribution in [-0.2, 0) is 10.2 Å². The molecule has 0 aromatic heterocycles. The Kier molecular flexibility index (Phi) is 7.31. The van der Waals surface area contributed by atoms with Gasteiger partial charge in [-0.1, -0.05) is 51.9 Å². The monoisotopic (exact) mass is 497 g/mol. The highest BCUT2D eigenvalue weighted by molar-refractivity contribution is 14.1. The Morgan fingerprint density at radius 1 is 1.32 bits per heavy atom. The smallest absolute Gasteiger partial charge is 0.410 e. The first kappa shape index (κ1) is 21.1. The minimum Gasteiger partial charge on any atom is -0.444 e. The van der Waals surface area contributed by atoms with Gasteiger partial charge in [0.05, 0.1) is 10.0 Å². The standard InChI is InChI=1S/C19H26Cl2INO2/c1-18(2,3)25-17(24)23-11-5-9-19(13-23,8-4-10-22)14-6-7-15(20)16(21)12-14/h6-7,12H,4-5,8-11,13H2,1-3H3. The number of amides is 1. The second kappa shape index (κ2) is 8.66. The van der Waals surface area contributed by atoms with E-state index in [9.17, 15) is 4.79 Å². The number of alkyl halides is 1. The summed E-state index contributed by atoms with van der Waals surface area (Å²) in [5, 5.41) is 1.14. The Balaban J connectivity index is 2.29. The number of piperidine rings is 1. The number of hydrogen-bond donors (Lipinski definition) is 0. The maximum Gasteiger partial charge on any atom is 0.410 e. The van der Waals surface area contributed by atoms with E-state index in [2.05, 4.69) is 28.7 Å². The number of likely N-dealkylation sites (tertiary alicyclic amines) is 1. The van der Waals surface area contributed by atoms with Crippen LogP contribution >= 0.6 is 45.8 Å². The molecule has 1 aliphatic heterocycles. The van der Waals surface area contributed by atoms with Crippen molar-refractivity contribution in [2.24, 2.45) is 0 Å². The third-order valence-corrected chi connectivity index (χ3v) is 6.05. The lowest BCUT2D eigenvalue weighted by molar-refractivity contribution is 0.0126. The fourth-order valence-corrected chi connectivity index (χ4v) is 4.11. The van der Waals surface area contributed by atoms with Crippen LogP contribution in [0.1, 0.15) is 52.0 Å². The van der Waals surface area contributed by atoms with Gasteiger partial charge < -0.3 is 9.64 Å². The number of carbonyl (C=O) groups is 1. The van der Waals surface area contributed by atoms with Crippen LogP contribution in [0.15, 0.2) is 18.2 Å². The summed E-state index contributed by atoms with van der Waals surface area (Å²) in [7, 11) is 0. The highest BCUT2D eigenvalue weighted by Gasteiger charge is 2.39. The molecule has 0 radical (unpaired) electrons. The summed E-state index contributed by atoms with van der Waals surface area (Å²) in [5.41, 5.74) is 0.595. The number of hydrogen-bond acceptors (Lipinski definition) is 2. The third-order valence-electron chi connectivity index (χ3n) is 4.55. The van der Waals surface area contributed by atoms with Crippen LogP contribution in [0.25, 0.3) is 0 Å². The summed E-state index contributed by atoms with van der Waals surface area (Å²) >= 11 is 14.8. The number of ether oxygens (including phenoxy) is 1. The third kappa shape index (κ3) is 5.64. The molecule has 1 unspecified atom stereocenters. The number of carbonyl (C=O) groups excluding carboxylic acids is 1. The second-order valence-electron chi connectivity index (χ2n) is 7.71. The summed E-state index contributed by atoms with van der Waals surface area (Å²) in [4.78, 5) is 14.4. The zero-order valence-corrected chi connectivity index (χ0v) is 18.7. The molecule has 25 heavy (non-hydrogen) atoms. The maximum atomic E-state index is 12.6. The second-order valence-corrected chi connectivity index (χ2v) is 9.60. The lowest BCUT2D eigenvalue weighted by Crippen LogP contribution is -2.50. The van der Waals surface area contributed by atoms with Crippen molar-refractivity contribution in [2.45, 2.75) is 57.5 Å². The topological polar surface area (TPSA) is 29.5 Å². The van der Waals surface area contributed by atoms with Crippen molar-refractivity contribution in [2.75, 3.05) is 17.5 Å². The molecule has 6 heteroatoms. The van der Waals surface area contributed by atoms with Crippen LogP contribution in [0.4, 0.5) is 4.79 Å². The van der Waals surface area contributed by atoms with Crippen LogP contribution in [-0.4, -0.2) is 34.1 Å². The van der Waals surface area contributed by atoms with Gasteiger partial charge in [-0.2, -0.15) is 0 Å². The lowest BCUT2D eigenvalue weighted by Gasteiger charge is -2.43. The van der Waals surface area contributed by atoms with Crippen molar-refractivity contribution in [1.29, 1.82) is 0 Å². The molecule has 1 atom stereocenters. The molecule has 2 rings (SSSR count). The molecule has 3 nitrogen and oxygen atoms in total. The lowest BCUT2D eigenvalue weighted by atomic mass is 9.71. The van der Waals surface area contributed by atoms with E-state index in [4.69, 9.17) is 27.9 Å². The Morgan fingerprint density at radius 2 is 2.04 bits per heavy atom. The van der Waals surface area contributed by atoms with Gasteiger partial charge in [-0.15, -0.1) is 0 Å². The molecule has 0 bridgehead atoms. The first-order valence-corrected chi connectivity index (χ1v) is 10.9. The van der Waals surface area contributed by atoms with Crippen LogP contribution < -0.4 is 0 Å². The zero-order valence-electron chi connectivity index (χ0n) is 15.1. The summed E-state index contributed by atoms with van der Waals surface area (Å²) < 4.78 is 6.68. The molecule has 1 aromatic carbocycles. The van der Waals surface area contributed by atoms with E-state index in [0.29, 0.717) is 16.6 Å². The molecule has 140 valence electrons. The molecule has 1 saturated heterocycles. The molecular formula is C19H26Cl2INO2. The molecule has 0 N–H and O–H groups in total. The van der Waals surface area contributed by atoms with Gasteiger partial charge in [0, 0.05) is 18.5 Å². The number of halogens is 3. The van der Waals surface area contributed by atoms with Gasteiger partial charge in [0.1, 0.15) is 5.60 Å². The Bertz CT molecular complexity index is 618. The highest BCUT2D eigenvalue weighted by atomic mass is 127. The number of benzene rings is 1. The molecular weight excluding hydrogens is 472 g/mol. The highest BCUT2D eigenvalue weighted by Crippen LogP contribution is 2.40. The summed E-state index contributed by atoms with van der Waals surface area (Å²) in [6.07, 6.45) is 3.89. The number of rotatable bonds is 4. The van der Waals surface area contributed by atoms with Crippen molar-refractivity contribution in [1.82, 2.24) is 4.90 Å². The molecule has 0 aliphatic carbocycles. The fraction of sp³-hybridized carbons (Fsp3) is 0.632. The van der Waals surface area contributed by atoms with E-state index < -0.39 is 5.60 Å². The molecule has 1 aliphatic rings. The van der Waals surface area contributed by atoms with E-state index in [1.165, 1.54) is 5.56 Å². The molecule has 0 saturated carbocycles. The average Bonchev–Trinajstić information content (AvgIpc) is 2.54. The predicted molar refractivity (Wildman–Crippen MR) is 113 cm³/mol. The van der Waals surface area contributed by atoms with Gasteiger partial charge in [0.2, 0.25) is 0 Å². The summed E-state index contributed by atoms with van der Waals surface area (Å²) in [6, 6.07) is 5.88. The molecule has 1 fully saturated rings. The van der Waals surface area contributed by atoms with Gasteiger partial charge in [0.15, 0.2) is 0 Å². The predicted octanol–water partition coefficient (Wildman–Crippen LogP) is 6.48. The minimum absolute atomic E-state index is 0.0887. The van der Waals surface area contributed by atoms with Crippen LogP contribution in [0.5, 0.6) is 0 Å². The number of nitrogens with zero attached hydrogens (tertiary/aromatic N) is 1. The molecule has 1 heterocycles. The van der Waals surface area contributed by atoms with Gasteiger partial charge in [-0.25, -0.2) is 4.79 Å². The van der Waals surface area contributed by atoms with Crippen LogP contribution in [0.2, 0.25) is 10.0 Å². The van der Waals surface area contributed by atoms with E-state index in [1.54, 1.807) is 0 Å². The average molecular weight is 498 g/mol. The van der Waals surface area contributed by atoms with Crippen LogP contribution in [0.3, 0.4) is 0 Å². The van der Waals surface area contributed by atoms with Crippen molar-refractivity contribution in [3.8, 4) is 0 Å². The van der Waals surface area contributed by atoms with Gasteiger partial charge in [-0.05, 0) is 68.6 Å². The Hall–Kier alpha value is -0.200. The SMILES string of the molecule is CC(C)(C)OC(=O)N1CCCC(CCCI)(c2ccc(Cl)c(Cl)c2)C1. The van der Waals surface area contributed by atoms with E-state index in [1.807, 2.05) is 37.8 Å². The normalized spacial score (nSPS) is 21.3. The van der Waals surface area contributed by atoms with E-state index in [-0.39, 0.29) is 11.5 Å². The Morgan fingerprint density at radius 3 is 2.64 bits per heavy atom. The minimum atomic E-state index is -0.483. The van der Waals surface area contributed by atoms with Gasteiger partial charge >= 0.3 is 6.09 Å². The van der Waals surface area contributed by atoms with E-state index >= 15 is 0 Å². The Labute approximate surface area is 174 Å². The quantitative estimate of drug-likeness (QED) is 0.352.